The van der Waals surface area contributed by atoms with Crippen LogP contribution in [0.1, 0.15) is 11.3 Å². The van der Waals surface area contributed by atoms with Gasteiger partial charge in [-0.1, -0.05) is 133 Å². The van der Waals surface area contributed by atoms with Crippen LogP contribution in [0.3, 0.4) is 0 Å². The van der Waals surface area contributed by atoms with Crippen LogP contribution in [0.25, 0.3) is 0 Å². The van der Waals surface area contributed by atoms with Gasteiger partial charge in [0.25, 0.3) is 0 Å². The van der Waals surface area contributed by atoms with Gasteiger partial charge in [0.2, 0.25) is 0 Å². The molecule has 1 N–H and O–H groups in total. The van der Waals surface area contributed by atoms with Crippen molar-refractivity contribution in [1.29, 1.82) is 0 Å². The predicted molar refractivity (Wildman–Crippen MR) is 167 cm³/mol. The normalized spacial score (nSPS) is 12.0. The summed E-state index contributed by atoms with van der Waals surface area (Å²) in [4.78, 5) is 0. The molecule has 0 bridgehead atoms. The van der Waals surface area contributed by atoms with Crippen LogP contribution in [0.15, 0.2) is 146 Å². The first-order valence-electron chi connectivity index (χ1n) is 13.0. The van der Waals surface area contributed by atoms with Gasteiger partial charge in [-0.15, -0.1) is 0 Å². The predicted octanol–water partition coefficient (Wildman–Crippen LogP) is 6.55. The zero-order valence-corrected chi connectivity index (χ0v) is 23.4. The maximum Gasteiger partial charge on any atom is 0.118 e. The zero-order valence-electron chi connectivity index (χ0n) is 21.7. The highest BCUT2D eigenvalue weighted by molar-refractivity contribution is 7.73. The van der Waals surface area contributed by atoms with E-state index >= 15 is 0 Å². The quantitative estimate of drug-likeness (QED) is 0.195. The van der Waals surface area contributed by atoms with Gasteiger partial charge in [0.1, 0.15) is 5.75 Å². The molecule has 0 heterocycles. The van der Waals surface area contributed by atoms with Crippen LogP contribution in [0.4, 0.5) is 0 Å². The van der Waals surface area contributed by atoms with E-state index in [9.17, 15) is 0 Å². The smallest absolute Gasteiger partial charge is 0.118 e. The molecule has 0 saturated carbocycles. The number of ether oxygens (including phenoxy) is 1. The third-order valence-corrected chi connectivity index (χ3v) is 11.8. The van der Waals surface area contributed by atoms with E-state index in [-0.39, 0.29) is 5.78 Å². The monoisotopic (exact) mass is 533 g/mol. The van der Waals surface area contributed by atoms with Gasteiger partial charge >= 0.3 is 0 Å². The molecule has 1 atom stereocenters. The number of hydrogen-bond acceptors (Lipinski definition) is 2. The number of benzene rings is 5. The van der Waals surface area contributed by atoms with Crippen molar-refractivity contribution in [3.05, 3.63) is 151 Å². The van der Waals surface area contributed by atoms with E-state index in [2.05, 4.69) is 151 Å². The van der Waals surface area contributed by atoms with Crippen LogP contribution in [-0.4, -0.2) is 19.8 Å². The first-order valence-corrected chi connectivity index (χ1v) is 15.9. The molecule has 5 aromatic rings. The van der Waals surface area contributed by atoms with Crippen LogP contribution in [0.5, 0.6) is 5.75 Å². The SMILES string of the molecule is COc1ccc(C(NCCP(c2ccccc2)c2ccccc2)P(c2ccccc2)c2ccccc2)cc1. The molecule has 5 aromatic carbocycles. The van der Waals surface area contributed by atoms with E-state index < -0.39 is 15.8 Å². The van der Waals surface area contributed by atoms with Crippen LogP contribution >= 0.6 is 15.8 Å². The Bertz CT molecular complexity index is 1290. The van der Waals surface area contributed by atoms with Crippen molar-refractivity contribution in [2.24, 2.45) is 0 Å². The lowest BCUT2D eigenvalue weighted by molar-refractivity contribution is 0.414. The van der Waals surface area contributed by atoms with Gasteiger partial charge in [-0.05, 0) is 60.9 Å². The third-order valence-electron chi connectivity index (χ3n) is 6.57. The summed E-state index contributed by atoms with van der Waals surface area (Å²) in [6.07, 6.45) is 1.07. The third kappa shape index (κ3) is 6.58. The molecule has 0 aliphatic rings. The lowest BCUT2D eigenvalue weighted by atomic mass is 10.2. The van der Waals surface area contributed by atoms with E-state index in [0.717, 1.165) is 18.5 Å². The average Bonchev–Trinajstić information content (AvgIpc) is 3.00. The maximum absolute atomic E-state index is 5.48. The highest BCUT2D eigenvalue weighted by Gasteiger charge is 2.26. The lowest BCUT2D eigenvalue weighted by Crippen LogP contribution is -2.30. The van der Waals surface area contributed by atoms with Crippen LogP contribution in [-0.2, 0) is 0 Å². The second kappa shape index (κ2) is 13.5. The summed E-state index contributed by atoms with van der Waals surface area (Å²) in [7, 11) is 0.573. The Morgan fingerprint density at radius 1 is 0.553 bits per heavy atom. The summed E-state index contributed by atoms with van der Waals surface area (Å²) in [5.41, 5.74) is 1.29. The van der Waals surface area contributed by atoms with Gasteiger partial charge in [0.15, 0.2) is 0 Å². The van der Waals surface area contributed by atoms with Gasteiger partial charge in [-0.3, -0.25) is 0 Å². The molecule has 0 fully saturated rings. The Morgan fingerprint density at radius 3 is 1.39 bits per heavy atom. The molecule has 0 aliphatic carbocycles. The molecule has 0 spiro atoms. The molecule has 1 unspecified atom stereocenters. The molecule has 4 heteroatoms. The highest BCUT2D eigenvalue weighted by atomic mass is 31.1. The molecule has 190 valence electrons. The van der Waals surface area contributed by atoms with Gasteiger partial charge in [0.05, 0.1) is 12.9 Å². The summed E-state index contributed by atoms with van der Waals surface area (Å²) < 4.78 is 5.48. The lowest BCUT2D eigenvalue weighted by Gasteiger charge is -2.31. The zero-order chi connectivity index (χ0) is 26.0. The number of nitrogens with one attached hydrogen (secondary N) is 1. The first-order chi connectivity index (χ1) is 18.8. The fourth-order valence-electron chi connectivity index (χ4n) is 4.71. The molecule has 0 aliphatic heterocycles. The average molecular weight is 534 g/mol. The van der Waals surface area contributed by atoms with Crippen LogP contribution < -0.4 is 31.3 Å². The van der Waals surface area contributed by atoms with Gasteiger partial charge < -0.3 is 10.1 Å². The topological polar surface area (TPSA) is 21.3 Å². The molecule has 0 amide bonds. The summed E-state index contributed by atoms with van der Waals surface area (Å²) in [5, 5.41) is 9.63. The van der Waals surface area contributed by atoms with Crippen molar-refractivity contribution in [2.45, 2.75) is 5.78 Å². The van der Waals surface area contributed by atoms with E-state index in [1.165, 1.54) is 26.8 Å². The van der Waals surface area contributed by atoms with E-state index in [0.29, 0.717) is 0 Å². The molecule has 2 nitrogen and oxygen atoms in total. The van der Waals surface area contributed by atoms with Gasteiger partial charge in [-0.25, -0.2) is 0 Å². The maximum atomic E-state index is 5.48. The molecule has 0 saturated heterocycles. The van der Waals surface area contributed by atoms with Crippen LogP contribution in [0.2, 0.25) is 0 Å². The molecule has 0 radical (unpaired) electrons. The van der Waals surface area contributed by atoms with E-state index in [1.54, 1.807) is 7.11 Å². The van der Waals surface area contributed by atoms with Gasteiger partial charge in [-0.2, -0.15) is 0 Å². The minimum atomic E-state index is -0.689. The Labute approximate surface area is 229 Å². The Kier molecular flexibility index (Phi) is 9.35. The number of hydrogen-bond donors (Lipinski definition) is 1. The Balaban J connectivity index is 1.48. The standard InChI is InChI=1S/C34H33NOP2/c1-36-29-24-22-28(23-25-29)34(38(32-18-10-4-11-19-32)33-20-12-5-13-21-33)35-26-27-37(30-14-6-2-7-15-30)31-16-8-3-9-17-31/h2-25,34-35H,26-27H2,1H3. The van der Waals surface area contributed by atoms with Crippen LogP contribution in [0, 0.1) is 0 Å². The Hall–Kier alpha value is -3.28. The molecule has 38 heavy (non-hydrogen) atoms. The summed E-state index contributed by atoms with van der Waals surface area (Å²) in [6.45, 7) is 0.921. The van der Waals surface area contributed by atoms with E-state index in [1.807, 2.05) is 0 Å². The first kappa shape index (κ1) is 26.3. The minimum absolute atomic E-state index is 0.170. The summed E-state index contributed by atoms with van der Waals surface area (Å²) in [6, 6.07) is 52.5. The molecular formula is C34H33NOP2. The fourth-order valence-corrected chi connectivity index (χ4v) is 9.60. The van der Waals surface area contributed by atoms with Crippen molar-refractivity contribution in [2.75, 3.05) is 19.8 Å². The Morgan fingerprint density at radius 2 is 0.974 bits per heavy atom. The largest absolute Gasteiger partial charge is 0.497 e. The summed E-state index contributed by atoms with van der Waals surface area (Å²) >= 11 is 0. The van der Waals surface area contributed by atoms with Gasteiger partial charge in [0, 0.05) is 6.54 Å². The minimum Gasteiger partial charge on any atom is -0.497 e. The fraction of sp³-hybridized carbons (Fsp3) is 0.118. The second-order valence-electron chi connectivity index (χ2n) is 8.99. The molecular weight excluding hydrogens is 500 g/mol. The van der Waals surface area contributed by atoms with Crippen molar-refractivity contribution >= 4 is 37.1 Å². The summed E-state index contributed by atoms with van der Waals surface area (Å²) in [5.74, 6) is 1.05. The van der Waals surface area contributed by atoms with Crippen molar-refractivity contribution in [3.63, 3.8) is 0 Å². The number of methoxy groups -OCH3 is 1. The highest BCUT2D eigenvalue weighted by Crippen LogP contribution is 2.48. The van der Waals surface area contributed by atoms with Crippen molar-refractivity contribution in [3.8, 4) is 5.75 Å². The molecule has 0 aromatic heterocycles. The van der Waals surface area contributed by atoms with Crippen molar-refractivity contribution in [1.82, 2.24) is 5.32 Å². The molecule has 5 rings (SSSR count). The second-order valence-corrected chi connectivity index (χ2v) is 13.6. The van der Waals surface area contributed by atoms with E-state index in [4.69, 9.17) is 4.74 Å². The number of rotatable bonds is 11. The van der Waals surface area contributed by atoms with Crippen molar-refractivity contribution < 1.29 is 4.74 Å².